The molecule has 0 aliphatic rings. The highest BCUT2D eigenvalue weighted by molar-refractivity contribution is 5.90. The molecule has 0 heterocycles. The van der Waals surface area contributed by atoms with Crippen LogP contribution in [-0.4, -0.2) is 5.91 Å². The summed E-state index contributed by atoms with van der Waals surface area (Å²) >= 11 is 0. The molecule has 3 nitrogen and oxygen atoms in total. The number of rotatable bonds is 3. The highest BCUT2D eigenvalue weighted by Gasteiger charge is 2.03. The number of hydrogen-bond donors (Lipinski definition) is 2. The number of halogens is 1. The fourth-order valence-corrected chi connectivity index (χ4v) is 1.04. The van der Waals surface area contributed by atoms with E-state index in [4.69, 9.17) is 5.73 Å². The number of nitrogens with two attached hydrogens (primary N) is 1. The highest BCUT2D eigenvalue weighted by Crippen LogP contribution is 2.14. The van der Waals surface area contributed by atoms with Crippen LogP contribution in [0.3, 0.4) is 0 Å². The van der Waals surface area contributed by atoms with Gasteiger partial charge in [0.15, 0.2) is 0 Å². The van der Waals surface area contributed by atoms with Gasteiger partial charge < -0.3 is 11.1 Å². The highest BCUT2D eigenvalue weighted by atomic mass is 19.1. The number of amides is 1. The maximum Gasteiger partial charge on any atom is 0.224 e. The lowest BCUT2D eigenvalue weighted by Gasteiger charge is -2.05. The molecule has 0 fully saturated rings. The normalized spacial score (nSPS) is 9.93. The van der Waals surface area contributed by atoms with E-state index in [1.54, 1.807) is 19.1 Å². The molecule has 14 heavy (non-hydrogen) atoms. The Morgan fingerprint density at radius 2 is 2.29 bits per heavy atom. The van der Waals surface area contributed by atoms with Crippen LogP contribution < -0.4 is 11.1 Å². The topological polar surface area (TPSA) is 55.1 Å². The Kier molecular flexibility index (Phi) is 3.59. The Bertz CT molecular complexity index is 339. The van der Waals surface area contributed by atoms with Gasteiger partial charge >= 0.3 is 0 Å². The van der Waals surface area contributed by atoms with E-state index < -0.39 is 0 Å². The van der Waals surface area contributed by atoms with Crippen molar-refractivity contribution in [3.63, 3.8) is 0 Å². The van der Waals surface area contributed by atoms with Gasteiger partial charge in [-0.15, -0.1) is 0 Å². The summed E-state index contributed by atoms with van der Waals surface area (Å²) in [6.45, 7) is 1.90. The second kappa shape index (κ2) is 4.72. The predicted molar refractivity (Wildman–Crippen MR) is 53.2 cm³/mol. The molecule has 0 aliphatic carbocycles. The van der Waals surface area contributed by atoms with Crippen LogP contribution in [0.2, 0.25) is 0 Å². The Labute approximate surface area is 82.1 Å². The van der Waals surface area contributed by atoms with Crippen LogP contribution in [0.1, 0.15) is 18.9 Å². The molecular weight excluding hydrogens is 183 g/mol. The third-order valence-electron chi connectivity index (χ3n) is 1.88. The van der Waals surface area contributed by atoms with Crippen molar-refractivity contribution >= 4 is 11.6 Å². The Morgan fingerprint density at radius 1 is 1.57 bits per heavy atom. The summed E-state index contributed by atoms with van der Waals surface area (Å²) in [5.41, 5.74) is 6.21. The van der Waals surface area contributed by atoms with Gasteiger partial charge in [0.05, 0.1) is 0 Å². The molecule has 0 aromatic heterocycles. The molecule has 1 aromatic carbocycles. The van der Waals surface area contributed by atoms with E-state index in [-0.39, 0.29) is 18.3 Å². The summed E-state index contributed by atoms with van der Waals surface area (Å²) in [6.07, 6.45) is 0.375. The third kappa shape index (κ3) is 2.53. The minimum absolute atomic E-state index is 0.134. The second-order valence-corrected chi connectivity index (χ2v) is 2.91. The lowest BCUT2D eigenvalue weighted by Crippen LogP contribution is -2.10. The Hall–Kier alpha value is -1.42. The molecule has 0 atom stereocenters. The molecule has 0 radical (unpaired) electrons. The lowest BCUT2D eigenvalue weighted by atomic mass is 10.2. The van der Waals surface area contributed by atoms with Crippen molar-refractivity contribution in [1.29, 1.82) is 0 Å². The van der Waals surface area contributed by atoms with Crippen molar-refractivity contribution in [3.8, 4) is 0 Å². The van der Waals surface area contributed by atoms with E-state index in [1.807, 2.05) is 0 Å². The smallest absolute Gasteiger partial charge is 0.224 e. The van der Waals surface area contributed by atoms with Gasteiger partial charge in [0.2, 0.25) is 5.91 Å². The number of anilines is 1. The summed E-state index contributed by atoms with van der Waals surface area (Å²) in [4.78, 5) is 11.0. The summed E-state index contributed by atoms with van der Waals surface area (Å²) in [6, 6.07) is 4.48. The molecule has 1 rings (SSSR count). The first kappa shape index (κ1) is 10.7. The van der Waals surface area contributed by atoms with Gasteiger partial charge in [-0.1, -0.05) is 13.0 Å². The van der Waals surface area contributed by atoms with Gasteiger partial charge in [-0.25, -0.2) is 4.39 Å². The SMILES string of the molecule is CCC(=O)Nc1ccc(CN)c(F)c1. The quantitative estimate of drug-likeness (QED) is 0.772. The molecule has 1 aromatic rings. The zero-order valence-corrected chi connectivity index (χ0v) is 8.01. The molecule has 0 saturated heterocycles. The van der Waals surface area contributed by atoms with Crippen LogP contribution in [0.15, 0.2) is 18.2 Å². The minimum atomic E-state index is -0.388. The molecule has 0 bridgehead atoms. The fourth-order valence-electron chi connectivity index (χ4n) is 1.04. The summed E-state index contributed by atoms with van der Waals surface area (Å²) < 4.78 is 13.2. The molecule has 1 amide bonds. The van der Waals surface area contributed by atoms with Crippen LogP contribution in [0.25, 0.3) is 0 Å². The van der Waals surface area contributed by atoms with E-state index >= 15 is 0 Å². The van der Waals surface area contributed by atoms with E-state index in [0.717, 1.165) is 0 Å². The zero-order chi connectivity index (χ0) is 10.6. The van der Waals surface area contributed by atoms with Crippen molar-refractivity contribution in [2.45, 2.75) is 19.9 Å². The number of carbonyl (C=O) groups excluding carboxylic acids is 1. The van der Waals surface area contributed by atoms with Crippen LogP contribution in [0.4, 0.5) is 10.1 Å². The van der Waals surface area contributed by atoms with E-state index in [1.165, 1.54) is 6.07 Å². The summed E-state index contributed by atoms with van der Waals surface area (Å²) in [5, 5.41) is 2.56. The Balaban J connectivity index is 2.81. The van der Waals surface area contributed by atoms with Crippen molar-refractivity contribution < 1.29 is 9.18 Å². The average Bonchev–Trinajstić information content (AvgIpc) is 2.18. The second-order valence-electron chi connectivity index (χ2n) is 2.91. The number of hydrogen-bond acceptors (Lipinski definition) is 2. The van der Waals surface area contributed by atoms with Crippen LogP contribution >= 0.6 is 0 Å². The standard InChI is InChI=1S/C10H13FN2O/c1-2-10(14)13-8-4-3-7(6-12)9(11)5-8/h3-5H,2,6,12H2,1H3,(H,13,14). The lowest BCUT2D eigenvalue weighted by molar-refractivity contribution is -0.115. The Morgan fingerprint density at radius 3 is 2.79 bits per heavy atom. The minimum Gasteiger partial charge on any atom is -0.326 e. The van der Waals surface area contributed by atoms with E-state index in [2.05, 4.69) is 5.32 Å². The third-order valence-corrected chi connectivity index (χ3v) is 1.88. The van der Waals surface area contributed by atoms with Gasteiger partial charge in [-0.05, 0) is 12.1 Å². The van der Waals surface area contributed by atoms with E-state index in [0.29, 0.717) is 17.7 Å². The van der Waals surface area contributed by atoms with Crippen molar-refractivity contribution in [3.05, 3.63) is 29.6 Å². The zero-order valence-electron chi connectivity index (χ0n) is 8.01. The predicted octanol–water partition coefficient (Wildman–Crippen LogP) is 1.63. The fraction of sp³-hybridized carbons (Fsp3) is 0.300. The van der Waals surface area contributed by atoms with Gasteiger partial charge in [-0.3, -0.25) is 4.79 Å². The van der Waals surface area contributed by atoms with Crippen molar-refractivity contribution in [1.82, 2.24) is 0 Å². The molecule has 0 aliphatic heterocycles. The molecule has 4 heteroatoms. The molecular formula is C10H13FN2O. The molecule has 3 N–H and O–H groups in total. The van der Waals surface area contributed by atoms with Gasteiger partial charge in [0.1, 0.15) is 5.82 Å². The maximum absolute atomic E-state index is 13.2. The number of carbonyl (C=O) groups is 1. The first-order valence-corrected chi connectivity index (χ1v) is 4.45. The monoisotopic (exact) mass is 196 g/mol. The van der Waals surface area contributed by atoms with Crippen LogP contribution in [0, 0.1) is 5.82 Å². The maximum atomic E-state index is 13.2. The number of benzene rings is 1. The van der Waals surface area contributed by atoms with Crippen LogP contribution in [-0.2, 0) is 11.3 Å². The summed E-state index contributed by atoms with van der Waals surface area (Å²) in [7, 11) is 0. The molecule has 0 saturated carbocycles. The number of nitrogens with one attached hydrogen (secondary N) is 1. The van der Waals surface area contributed by atoms with Crippen molar-refractivity contribution in [2.24, 2.45) is 5.73 Å². The molecule has 76 valence electrons. The summed E-state index contributed by atoms with van der Waals surface area (Å²) in [5.74, 6) is -0.522. The van der Waals surface area contributed by atoms with Gasteiger partial charge in [0.25, 0.3) is 0 Å². The average molecular weight is 196 g/mol. The molecule has 0 unspecified atom stereocenters. The van der Waals surface area contributed by atoms with Crippen molar-refractivity contribution in [2.75, 3.05) is 5.32 Å². The van der Waals surface area contributed by atoms with E-state index in [9.17, 15) is 9.18 Å². The van der Waals surface area contributed by atoms with Gasteiger partial charge in [0, 0.05) is 24.2 Å². The van der Waals surface area contributed by atoms with Gasteiger partial charge in [-0.2, -0.15) is 0 Å². The van der Waals surface area contributed by atoms with Crippen LogP contribution in [0.5, 0.6) is 0 Å². The first-order valence-electron chi connectivity index (χ1n) is 4.45. The molecule has 0 spiro atoms. The first-order chi connectivity index (χ1) is 6.67. The largest absolute Gasteiger partial charge is 0.326 e.